The van der Waals surface area contributed by atoms with E-state index in [4.69, 9.17) is 11.6 Å². The third-order valence-corrected chi connectivity index (χ3v) is 6.09. The summed E-state index contributed by atoms with van der Waals surface area (Å²) in [7, 11) is 0. The number of hydrazone groups is 1. The number of nitrogens with one attached hydrogen (secondary N) is 2. The number of nitrogens with zero attached hydrogens (tertiary/aromatic N) is 5. The van der Waals surface area contributed by atoms with Gasteiger partial charge < -0.3 is 10.4 Å². The van der Waals surface area contributed by atoms with Gasteiger partial charge in [-0.1, -0.05) is 59.8 Å². The van der Waals surface area contributed by atoms with Crippen LogP contribution in [0.1, 0.15) is 11.4 Å². The zero-order valence-corrected chi connectivity index (χ0v) is 20.7. The summed E-state index contributed by atoms with van der Waals surface area (Å²) in [5.41, 5.74) is 3.54. The van der Waals surface area contributed by atoms with Gasteiger partial charge in [-0.3, -0.25) is 19.5 Å². The first kappa shape index (κ1) is 25.7. The molecule has 1 heterocycles. The predicted octanol–water partition coefficient (Wildman–Crippen LogP) is 4.39. The van der Waals surface area contributed by atoms with E-state index in [-0.39, 0.29) is 16.3 Å². The summed E-state index contributed by atoms with van der Waals surface area (Å²) in [6.07, 6.45) is 1.08. The van der Waals surface area contributed by atoms with Crippen molar-refractivity contribution in [2.75, 3.05) is 11.1 Å². The molecule has 0 unspecified atom stereocenters. The number of para-hydroxylation sites is 2. The van der Waals surface area contributed by atoms with Crippen molar-refractivity contribution in [2.24, 2.45) is 5.10 Å². The number of anilines is 1. The standard InChI is InChI=1S/C24H20ClN7O4S/c25-17-11-16(23(34)20(12-17)32(35)36)13-27-29-22(33)15-37-24-30-28-21(14-26-18-7-3-1-4-8-18)31(24)19-9-5-2-6-10-19/h1-13,26,34H,14-15H2,(H,29,33). The molecule has 3 aromatic carbocycles. The Bertz CT molecular complexity index is 1430. The Morgan fingerprint density at radius 3 is 2.54 bits per heavy atom. The van der Waals surface area contributed by atoms with Crippen molar-refractivity contribution in [3.63, 3.8) is 0 Å². The van der Waals surface area contributed by atoms with Crippen molar-refractivity contribution in [1.82, 2.24) is 20.2 Å². The Morgan fingerprint density at radius 2 is 1.84 bits per heavy atom. The van der Waals surface area contributed by atoms with Crippen molar-refractivity contribution >= 4 is 46.9 Å². The molecule has 37 heavy (non-hydrogen) atoms. The lowest BCUT2D eigenvalue weighted by Gasteiger charge is -2.11. The van der Waals surface area contributed by atoms with E-state index >= 15 is 0 Å². The van der Waals surface area contributed by atoms with E-state index in [1.54, 1.807) is 0 Å². The molecular formula is C24H20ClN7O4S. The topological polar surface area (TPSA) is 148 Å². The first-order valence-corrected chi connectivity index (χ1v) is 12.2. The highest BCUT2D eigenvalue weighted by Crippen LogP contribution is 2.32. The molecule has 0 aliphatic carbocycles. The maximum Gasteiger partial charge on any atom is 0.312 e. The Kier molecular flexibility index (Phi) is 8.33. The van der Waals surface area contributed by atoms with Crippen LogP contribution in [0.15, 0.2) is 83.1 Å². The fraction of sp³-hybridized carbons (Fsp3) is 0.0833. The lowest BCUT2D eigenvalue weighted by atomic mass is 10.2. The molecule has 0 saturated heterocycles. The lowest BCUT2D eigenvalue weighted by molar-refractivity contribution is -0.385. The van der Waals surface area contributed by atoms with Crippen LogP contribution in [0.2, 0.25) is 5.02 Å². The third kappa shape index (κ3) is 6.63. The van der Waals surface area contributed by atoms with E-state index in [1.165, 1.54) is 17.8 Å². The summed E-state index contributed by atoms with van der Waals surface area (Å²) in [6, 6.07) is 21.5. The number of nitro benzene ring substituents is 1. The largest absolute Gasteiger partial charge is 0.502 e. The van der Waals surface area contributed by atoms with Gasteiger partial charge in [-0.15, -0.1) is 10.2 Å². The number of phenols is 1. The molecule has 0 bridgehead atoms. The molecule has 13 heteroatoms. The number of carbonyl (C=O) groups excluding carboxylic acids is 1. The highest BCUT2D eigenvalue weighted by Gasteiger charge is 2.18. The first-order valence-electron chi connectivity index (χ1n) is 10.8. The number of rotatable bonds is 10. The van der Waals surface area contributed by atoms with Crippen molar-refractivity contribution < 1.29 is 14.8 Å². The van der Waals surface area contributed by atoms with Gasteiger partial charge in [0.15, 0.2) is 11.0 Å². The van der Waals surface area contributed by atoms with E-state index < -0.39 is 22.3 Å². The van der Waals surface area contributed by atoms with Crippen molar-refractivity contribution in [3.05, 3.63) is 99.3 Å². The van der Waals surface area contributed by atoms with Crippen LogP contribution in [0.3, 0.4) is 0 Å². The van der Waals surface area contributed by atoms with Crippen LogP contribution in [-0.2, 0) is 11.3 Å². The van der Waals surface area contributed by atoms with Crippen molar-refractivity contribution in [1.29, 1.82) is 0 Å². The van der Waals surface area contributed by atoms with Gasteiger partial charge >= 0.3 is 5.69 Å². The molecule has 0 aliphatic rings. The summed E-state index contributed by atoms with van der Waals surface area (Å²) in [6.45, 7) is 0.415. The maximum absolute atomic E-state index is 12.4. The number of benzene rings is 3. The van der Waals surface area contributed by atoms with E-state index in [9.17, 15) is 20.0 Å². The molecule has 0 saturated carbocycles. The maximum atomic E-state index is 12.4. The zero-order valence-electron chi connectivity index (χ0n) is 19.1. The molecule has 0 radical (unpaired) electrons. The second-order valence-corrected chi connectivity index (χ2v) is 8.87. The van der Waals surface area contributed by atoms with Gasteiger partial charge in [0.1, 0.15) is 0 Å². The fourth-order valence-electron chi connectivity index (χ4n) is 3.26. The Balaban J connectivity index is 1.43. The minimum Gasteiger partial charge on any atom is -0.502 e. The zero-order chi connectivity index (χ0) is 26.2. The number of aromatic hydroxyl groups is 1. The summed E-state index contributed by atoms with van der Waals surface area (Å²) in [4.78, 5) is 22.6. The van der Waals surface area contributed by atoms with Crippen LogP contribution in [0, 0.1) is 10.1 Å². The minimum atomic E-state index is -0.764. The molecular weight excluding hydrogens is 518 g/mol. The average molecular weight is 538 g/mol. The van der Waals surface area contributed by atoms with Crippen LogP contribution in [-0.4, -0.2) is 42.7 Å². The highest BCUT2D eigenvalue weighted by molar-refractivity contribution is 7.99. The van der Waals surface area contributed by atoms with Crippen LogP contribution in [0.25, 0.3) is 5.69 Å². The summed E-state index contributed by atoms with van der Waals surface area (Å²) in [5.74, 6) is -0.428. The molecule has 11 nitrogen and oxygen atoms in total. The predicted molar refractivity (Wildman–Crippen MR) is 141 cm³/mol. The molecule has 4 rings (SSSR count). The third-order valence-electron chi connectivity index (χ3n) is 4.95. The monoisotopic (exact) mass is 537 g/mol. The quantitative estimate of drug-likeness (QED) is 0.117. The first-order chi connectivity index (χ1) is 17.9. The average Bonchev–Trinajstić information content (AvgIpc) is 3.31. The van der Waals surface area contributed by atoms with Gasteiger partial charge in [-0.25, -0.2) is 5.43 Å². The molecule has 1 aromatic heterocycles. The summed E-state index contributed by atoms with van der Waals surface area (Å²) >= 11 is 7.03. The van der Waals surface area contributed by atoms with E-state index in [1.807, 2.05) is 65.2 Å². The van der Waals surface area contributed by atoms with Gasteiger partial charge in [-0.2, -0.15) is 5.10 Å². The lowest BCUT2D eigenvalue weighted by Crippen LogP contribution is -2.20. The number of carbonyl (C=O) groups is 1. The minimum absolute atomic E-state index is 0.00784. The van der Waals surface area contributed by atoms with E-state index in [0.29, 0.717) is 17.5 Å². The van der Waals surface area contributed by atoms with Gasteiger partial charge in [0.25, 0.3) is 5.91 Å². The molecule has 188 valence electrons. The van der Waals surface area contributed by atoms with Crippen molar-refractivity contribution in [3.8, 4) is 11.4 Å². The second kappa shape index (κ2) is 12.0. The van der Waals surface area contributed by atoms with E-state index in [0.717, 1.165) is 23.7 Å². The number of aromatic nitrogens is 3. The summed E-state index contributed by atoms with van der Waals surface area (Å²) in [5, 5.41) is 37.3. The molecule has 3 N–H and O–H groups in total. The molecule has 4 aromatic rings. The van der Waals surface area contributed by atoms with Crippen LogP contribution >= 0.6 is 23.4 Å². The van der Waals surface area contributed by atoms with Gasteiger partial charge in [0.2, 0.25) is 5.75 Å². The van der Waals surface area contributed by atoms with Gasteiger partial charge in [0, 0.05) is 28.0 Å². The normalized spacial score (nSPS) is 10.9. The number of hydrogen-bond donors (Lipinski definition) is 3. The summed E-state index contributed by atoms with van der Waals surface area (Å²) < 4.78 is 1.86. The number of nitro groups is 1. The molecule has 0 aliphatic heterocycles. The van der Waals surface area contributed by atoms with Gasteiger partial charge in [-0.05, 0) is 30.3 Å². The smallest absolute Gasteiger partial charge is 0.312 e. The molecule has 0 fully saturated rings. The number of thioether (sulfide) groups is 1. The van der Waals surface area contributed by atoms with Gasteiger partial charge in [0.05, 0.1) is 23.4 Å². The highest BCUT2D eigenvalue weighted by atomic mass is 35.5. The second-order valence-electron chi connectivity index (χ2n) is 7.49. The van der Waals surface area contributed by atoms with Crippen LogP contribution in [0.4, 0.5) is 11.4 Å². The number of halogens is 1. The Morgan fingerprint density at radius 1 is 1.14 bits per heavy atom. The number of phenolic OH excluding ortho intramolecular Hbond substituents is 1. The molecule has 1 amide bonds. The van der Waals surface area contributed by atoms with Crippen LogP contribution in [0.5, 0.6) is 5.75 Å². The Hall–Kier alpha value is -4.42. The van der Waals surface area contributed by atoms with Crippen LogP contribution < -0.4 is 10.7 Å². The van der Waals surface area contributed by atoms with Crippen molar-refractivity contribution in [2.45, 2.75) is 11.7 Å². The number of hydrogen-bond acceptors (Lipinski definition) is 9. The fourth-order valence-corrected chi connectivity index (χ4v) is 4.25. The van der Waals surface area contributed by atoms with E-state index in [2.05, 4.69) is 26.0 Å². The molecule has 0 spiro atoms. The SMILES string of the molecule is O=C(CSc1nnc(CNc2ccccc2)n1-c1ccccc1)NN=Cc1cc(Cl)cc([N+](=O)[O-])c1O. The number of amides is 1. The molecule has 0 atom stereocenters. The Labute approximate surface area is 220 Å².